The standard InChI is InChI=1S/C15H20N4O/c1-19-9-3-5-13(11-19)18-15(20)14-6-8-17-10-12(14)4-2-7-16/h6,8,10,13H,3,5,7,9,11,16H2,1H3,(H,18,20). The van der Waals surface area contributed by atoms with Crippen LogP contribution in [0.4, 0.5) is 0 Å². The van der Waals surface area contributed by atoms with Crippen molar-refractivity contribution in [1.82, 2.24) is 15.2 Å². The highest BCUT2D eigenvalue weighted by atomic mass is 16.1. The topological polar surface area (TPSA) is 71.2 Å². The summed E-state index contributed by atoms with van der Waals surface area (Å²) in [7, 11) is 2.07. The van der Waals surface area contributed by atoms with Gasteiger partial charge >= 0.3 is 0 Å². The number of likely N-dealkylation sites (N-methyl/N-ethyl adjacent to an activating group) is 1. The Kier molecular flexibility index (Phi) is 5.10. The molecule has 1 amide bonds. The minimum atomic E-state index is -0.0889. The van der Waals surface area contributed by atoms with Gasteiger partial charge in [-0.3, -0.25) is 9.78 Å². The molecular formula is C15H20N4O. The van der Waals surface area contributed by atoms with Crippen LogP contribution in [0.25, 0.3) is 0 Å². The molecule has 2 heterocycles. The molecule has 1 aromatic rings. The molecule has 1 fully saturated rings. The van der Waals surface area contributed by atoms with Crippen molar-refractivity contribution < 1.29 is 4.79 Å². The third-order valence-electron chi connectivity index (χ3n) is 3.35. The van der Waals surface area contributed by atoms with E-state index in [0.29, 0.717) is 11.1 Å². The van der Waals surface area contributed by atoms with Crippen LogP contribution in [0.3, 0.4) is 0 Å². The van der Waals surface area contributed by atoms with Crippen LogP contribution in [-0.4, -0.2) is 48.5 Å². The Labute approximate surface area is 119 Å². The van der Waals surface area contributed by atoms with Crippen molar-refractivity contribution in [3.05, 3.63) is 29.6 Å². The van der Waals surface area contributed by atoms with Gasteiger partial charge < -0.3 is 16.0 Å². The summed E-state index contributed by atoms with van der Waals surface area (Å²) in [6, 6.07) is 1.90. The van der Waals surface area contributed by atoms with Crippen LogP contribution in [-0.2, 0) is 0 Å². The molecule has 0 bridgehead atoms. The van der Waals surface area contributed by atoms with Crippen molar-refractivity contribution >= 4 is 5.91 Å². The molecule has 1 aromatic heterocycles. The van der Waals surface area contributed by atoms with E-state index in [4.69, 9.17) is 5.73 Å². The number of pyridine rings is 1. The maximum absolute atomic E-state index is 12.3. The summed E-state index contributed by atoms with van der Waals surface area (Å²) in [5.74, 6) is 5.56. The fourth-order valence-corrected chi connectivity index (χ4v) is 2.39. The number of nitrogens with zero attached hydrogens (tertiary/aromatic N) is 2. The molecule has 0 radical (unpaired) electrons. The number of carbonyl (C=O) groups is 1. The predicted molar refractivity (Wildman–Crippen MR) is 78.2 cm³/mol. The smallest absolute Gasteiger partial charge is 0.252 e. The molecule has 3 N–H and O–H groups in total. The average Bonchev–Trinajstić information content (AvgIpc) is 2.45. The molecule has 0 saturated carbocycles. The molecule has 0 spiro atoms. The largest absolute Gasteiger partial charge is 0.348 e. The van der Waals surface area contributed by atoms with Crippen molar-refractivity contribution in [3.63, 3.8) is 0 Å². The lowest BCUT2D eigenvalue weighted by molar-refractivity contribution is 0.0912. The summed E-state index contributed by atoms with van der Waals surface area (Å²) in [6.45, 7) is 2.25. The van der Waals surface area contributed by atoms with Gasteiger partial charge in [0.05, 0.1) is 17.7 Å². The van der Waals surface area contributed by atoms with Crippen LogP contribution in [0.1, 0.15) is 28.8 Å². The summed E-state index contributed by atoms with van der Waals surface area (Å²) in [5, 5.41) is 3.07. The first-order chi connectivity index (χ1) is 9.70. The number of piperidine rings is 1. The van der Waals surface area contributed by atoms with E-state index in [1.807, 2.05) is 0 Å². The minimum Gasteiger partial charge on any atom is -0.348 e. The summed E-state index contributed by atoms with van der Waals surface area (Å²) < 4.78 is 0. The number of hydrogen-bond donors (Lipinski definition) is 2. The molecule has 1 aliphatic heterocycles. The lowest BCUT2D eigenvalue weighted by atomic mass is 10.0. The number of amides is 1. The Hall–Kier alpha value is -1.90. The van der Waals surface area contributed by atoms with Crippen LogP contribution >= 0.6 is 0 Å². The monoisotopic (exact) mass is 272 g/mol. The maximum atomic E-state index is 12.3. The molecule has 1 atom stereocenters. The summed E-state index contributed by atoms with van der Waals surface area (Å²) in [5.41, 5.74) is 6.56. The SMILES string of the molecule is CN1CCCC(NC(=O)c2ccncc2C#CCN)C1. The van der Waals surface area contributed by atoms with Crippen molar-refractivity contribution in [2.45, 2.75) is 18.9 Å². The van der Waals surface area contributed by atoms with E-state index in [9.17, 15) is 4.79 Å². The summed E-state index contributed by atoms with van der Waals surface area (Å²) >= 11 is 0. The highest BCUT2D eigenvalue weighted by Gasteiger charge is 2.20. The van der Waals surface area contributed by atoms with Gasteiger partial charge in [-0.2, -0.15) is 0 Å². The van der Waals surface area contributed by atoms with Gasteiger partial charge in [-0.05, 0) is 32.5 Å². The Morgan fingerprint density at radius 1 is 1.65 bits per heavy atom. The van der Waals surface area contributed by atoms with Crippen LogP contribution in [0.2, 0.25) is 0 Å². The van der Waals surface area contributed by atoms with E-state index in [1.165, 1.54) is 0 Å². The van der Waals surface area contributed by atoms with Gasteiger partial charge in [-0.15, -0.1) is 0 Å². The molecule has 1 saturated heterocycles. The van der Waals surface area contributed by atoms with Gasteiger partial charge in [0, 0.05) is 25.0 Å². The zero-order valence-corrected chi connectivity index (χ0v) is 11.7. The van der Waals surface area contributed by atoms with Gasteiger partial charge in [-0.1, -0.05) is 11.8 Å². The van der Waals surface area contributed by atoms with Crippen molar-refractivity contribution in [2.24, 2.45) is 5.73 Å². The first-order valence-corrected chi connectivity index (χ1v) is 6.83. The van der Waals surface area contributed by atoms with Crippen LogP contribution in [0, 0.1) is 11.8 Å². The molecule has 106 valence electrons. The Bertz CT molecular complexity index is 532. The number of likely N-dealkylation sites (tertiary alicyclic amines) is 1. The molecule has 1 aliphatic rings. The normalized spacial score (nSPS) is 19.0. The number of rotatable bonds is 2. The van der Waals surface area contributed by atoms with E-state index in [-0.39, 0.29) is 18.5 Å². The second-order valence-corrected chi connectivity index (χ2v) is 5.00. The molecule has 5 heteroatoms. The first-order valence-electron chi connectivity index (χ1n) is 6.83. The Morgan fingerprint density at radius 2 is 2.50 bits per heavy atom. The quantitative estimate of drug-likeness (QED) is 0.755. The molecule has 0 aliphatic carbocycles. The van der Waals surface area contributed by atoms with Crippen molar-refractivity contribution in [2.75, 3.05) is 26.7 Å². The second kappa shape index (κ2) is 7.04. The Balaban J connectivity index is 2.09. The number of hydrogen-bond acceptors (Lipinski definition) is 4. The van der Waals surface area contributed by atoms with Crippen LogP contribution in [0.5, 0.6) is 0 Å². The molecular weight excluding hydrogens is 252 g/mol. The lowest BCUT2D eigenvalue weighted by Crippen LogP contribution is -2.46. The first kappa shape index (κ1) is 14.5. The van der Waals surface area contributed by atoms with Crippen LogP contribution in [0.15, 0.2) is 18.5 Å². The van der Waals surface area contributed by atoms with E-state index in [1.54, 1.807) is 18.5 Å². The molecule has 1 unspecified atom stereocenters. The van der Waals surface area contributed by atoms with Gasteiger partial charge in [-0.25, -0.2) is 0 Å². The predicted octanol–water partition coefficient (Wildman–Crippen LogP) is 0.216. The van der Waals surface area contributed by atoms with E-state index < -0.39 is 0 Å². The highest BCUT2D eigenvalue weighted by molar-refractivity contribution is 5.96. The lowest BCUT2D eigenvalue weighted by Gasteiger charge is -2.30. The minimum absolute atomic E-state index is 0.0889. The molecule has 0 aromatic carbocycles. The number of carbonyl (C=O) groups excluding carboxylic acids is 1. The van der Waals surface area contributed by atoms with E-state index in [2.05, 4.69) is 34.1 Å². The third-order valence-corrected chi connectivity index (χ3v) is 3.35. The van der Waals surface area contributed by atoms with Gasteiger partial charge in [0.15, 0.2) is 0 Å². The van der Waals surface area contributed by atoms with Gasteiger partial charge in [0.1, 0.15) is 0 Å². The van der Waals surface area contributed by atoms with Gasteiger partial charge in [0.2, 0.25) is 0 Å². The average molecular weight is 272 g/mol. The van der Waals surface area contributed by atoms with Gasteiger partial charge in [0.25, 0.3) is 5.91 Å². The molecule has 2 rings (SSSR count). The van der Waals surface area contributed by atoms with E-state index >= 15 is 0 Å². The highest BCUT2D eigenvalue weighted by Crippen LogP contribution is 2.10. The molecule has 20 heavy (non-hydrogen) atoms. The fourth-order valence-electron chi connectivity index (χ4n) is 2.39. The maximum Gasteiger partial charge on any atom is 0.252 e. The number of nitrogens with two attached hydrogens (primary N) is 1. The summed E-state index contributed by atoms with van der Waals surface area (Å²) in [4.78, 5) is 18.6. The molecule has 5 nitrogen and oxygen atoms in total. The zero-order chi connectivity index (χ0) is 14.4. The van der Waals surface area contributed by atoms with Crippen molar-refractivity contribution in [1.29, 1.82) is 0 Å². The van der Waals surface area contributed by atoms with E-state index in [0.717, 1.165) is 25.9 Å². The Morgan fingerprint density at radius 3 is 3.25 bits per heavy atom. The van der Waals surface area contributed by atoms with Crippen LogP contribution < -0.4 is 11.1 Å². The summed E-state index contributed by atoms with van der Waals surface area (Å²) in [6.07, 6.45) is 5.34. The number of nitrogens with one attached hydrogen (secondary N) is 1. The zero-order valence-electron chi connectivity index (χ0n) is 11.7. The second-order valence-electron chi connectivity index (χ2n) is 5.00. The fraction of sp³-hybridized carbons (Fsp3) is 0.467. The number of aromatic nitrogens is 1. The third kappa shape index (κ3) is 3.80. The van der Waals surface area contributed by atoms with Crippen molar-refractivity contribution in [3.8, 4) is 11.8 Å².